The molecule has 1 amide bonds. The van der Waals surface area contributed by atoms with Crippen molar-refractivity contribution in [1.29, 1.82) is 0 Å². The number of nitrogens with zero attached hydrogens (tertiary/aromatic N) is 4. The Hall–Kier alpha value is -3.57. The predicted molar refractivity (Wildman–Crippen MR) is 169 cm³/mol. The number of hydrogen-bond donors (Lipinski definition) is 3. The van der Waals surface area contributed by atoms with Gasteiger partial charge in [0.25, 0.3) is 15.9 Å². The van der Waals surface area contributed by atoms with E-state index in [1.165, 1.54) is 6.07 Å². The number of hydrogen-bond acceptors (Lipinski definition) is 9. The van der Waals surface area contributed by atoms with Crippen molar-refractivity contribution in [3.05, 3.63) is 71.2 Å². The van der Waals surface area contributed by atoms with E-state index in [1.807, 2.05) is 12.3 Å². The summed E-state index contributed by atoms with van der Waals surface area (Å²) >= 11 is 0. The first-order valence-electron chi connectivity index (χ1n) is 15.0. The summed E-state index contributed by atoms with van der Waals surface area (Å²) in [5, 5.41) is 3.20. The van der Waals surface area contributed by atoms with Crippen molar-refractivity contribution in [1.82, 2.24) is 19.7 Å². The Morgan fingerprint density at radius 1 is 1.07 bits per heavy atom. The Morgan fingerprint density at radius 3 is 2.56 bits per heavy atom. The van der Waals surface area contributed by atoms with Crippen LogP contribution >= 0.6 is 0 Å². The molecular weight excluding hydrogens is 562 g/mol. The van der Waals surface area contributed by atoms with E-state index in [0.29, 0.717) is 30.6 Å². The summed E-state index contributed by atoms with van der Waals surface area (Å²) in [5.41, 5.74) is 8.18. The Bertz CT molecular complexity index is 1580. The molecule has 1 unspecified atom stereocenters. The van der Waals surface area contributed by atoms with E-state index >= 15 is 0 Å². The van der Waals surface area contributed by atoms with Gasteiger partial charge in [-0.25, -0.2) is 14.7 Å². The van der Waals surface area contributed by atoms with E-state index in [9.17, 15) is 13.2 Å². The zero-order valence-electron chi connectivity index (χ0n) is 25.7. The van der Waals surface area contributed by atoms with Crippen LogP contribution in [0.15, 0.2) is 53.7 Å². The maximum atomic E-state index is 13.6. The van der Waals surface area contributed by atoms with Crippen molar-refractivity contribution < 1.29 is 13.2 Å². The number of carbonyl (C=O) groups is 1. The molecule has 5 rings (SSSR count). The average Bonchev–Trinajstić information content (AvgIpc) is 3.26. The Morgan fingerprint density at radius 2 is 1.86 bits per heavy atom. The second kappa shape index (κ2) is 11.8. The van der Waals surface area contributed by atoms with Gasteiger partial charge in [-0.2, -0.15) is 8.42 Å². The molecule has 0 aliphatic carbocycles. The Labute approximate surface area is 255 Å². The molecule has 11 heteroatoms. The van der Waals surface area contributed by atoms with Gasteiger partial charge in [0.15, 0.2) is 5.03 Å². The maximum absolute atomic E-state index is 13.6. The van der Waals surface area contributed by atoms with E-state index < -0.39 is 15.9 Å². The number of aryl methyl sites for hydroxylation is 1. The number of sulfonamides is 1. The quantitative estimate of drug-likeness (QED) is 0.384. The molecule has 4 bridgehead atoms. The molecule has 5 heterocycles. The van der Waals surface area contributed by atoms with Crippen molar-refractivity contribution in [3.63, 3.8) is 0 Å². The summed E-state index contributed by atoms with van der Waals surface area (Å²) in [6.07, 6.45) is 6.22. The largest absolute Gasteiger partial charge is 0.362 e. The number of rotatable bonds is 4. The molecule has 10 nitrogen and oxygen atoms in total. The molecule has 2 aliphatic rings. The number of pyridine rings is 3. The minimum atomic E-state index is -4.27. The fourth-order valence-corrected chi connectivity index (χ4v) is 6.98. The summed E-state index contributed by atoms with van der Waals surface area (Å²) in [4.78, 5) is 30.0. The first-order valence-corrected chi connectivity index (χ1v) is 16.5. The zero-order valence-corrected chi connectivity index (χ0v) is 26.5. The van der Waals surface area contributed by atoms with E-state index in [4.69, 9.17) is 15.7 Å². The van der Waals surface area contributed by atoms with Crippen molar-refractivity contribution in [2.24, 2.45) is 11.7 Å². The van der Waals surface area contributed by atoms with Crippen LogP contribution in [0.1, 0.15) is 93.7 Å². The van der Waals surface area contributed by atoms with Gasteiger partial charge in [-0.1, -0.05) is 32.9 Å². The molecule has 0 saturated carbocycles. The highest BCUT2D eigenvalue weighted by atomic mass is 32.2. The molecule has 1 saturated heterocycles. The molecule has 2 aliphatic heterocycles. The molecule has 2 atom stereocenters. The second-order valence-electron chi connectivity index (χ2n) is 13.4. The number of anilines is 2. The summed E-state index contributed by atoms with van der Waals surface area (Å²) in [6.45, 7) is 11.9. The van der Waals surface area contributed by atoms with Crippen LogP contribution in [0.5, 0.6) is 0 Å². The lowest BCUT2D eigenvalue weighted by molar-refractivity contribution is 0.0981. The van der Waals surface area contributed by atoms with Crippen molar-refractivity contribution in [3.8, 4) is 0 Å². The van der Waals surface area contributed by atoms with Crippen LogP contribution < -0.4 is 20.7 Å². The minimum absolute atomic E-state index is 0.191. The third-order valence-electron chi connectivity index (χ3n) is 8.39. The fourth-order valence-electron chi connectivity index (χ4n) is 6.05. The Kier molecular flexibility index (Phi) is 8.50. The van der Waals surface area contributed by atoms with Gasteiger partial charge in [0.1, 0.15) is 11.6 Å². The van der Waals surface area contributed by atoms with E-state index in [-0.39, 0.29) is 27.6 Å². The van der Waals surface area contributed by atoms with Gasteiger partial charge in [0, 0.05) is 29.4 Å². The highest BCUT2D eigenvalue weighted by Crippen LogP contribution is 2.41. The van der Waals surface area contributed by atoms with E-state index in [1.54, 1.807) is 24.3 Å². The molecule has 230 valence electrons. The third kappa shape index (κ3) is 6.83. The number of fused-ring (bicyclic) bond motifs is 6. The summed E-state index contributed by atoms with van der Waals surface area (Å²) in [5.74, 6) is 0.504. The average molecular weight is 606 g/mol. The summed E-state index contributed by atoms with van der Waals surface area (Å²) < 4.78 is 29.1. The third-order valence-corrected chi connectivity index (χ3v) is 9.62. The first-order chi connectivity index (χ1) is 20.3. The number of aromatic nitrogens is 3. The van der Waals surface area contributed by atoms with Gasteiger partial charge in [-0.3, -0.25) is 9.78 Å². The van der Waals surface area contributed by atoms with Crippen LogP contribution in [0.2, 0.25) is 0 Å². The lowest BCUT2D eigenvalue weighted by Crippen LogP contribution is -2.41. The molecule has 43 heavy (non-hydrogen) atoms. The van der Waals surface area contributed by atoms with Gasteiger partial charge in [0.05, 0.1) is 17.3 Å². The molecular formula is C32H43N7O3S. The van der Waals surface area contributed by atoms with Crippen molar-refractivity contribution in [2.75, 3.05) is 23.3 Å². The Balaban J connectivity index is 1.57. The second-order valence-corrected chi connectivity index (χ2v) is 15.0. The van der Waals surface area contributed by atoms with Crippen LogP contribution in [0.4, 0.5) is 11.6 Å². The fraction of sp³-hybridized carbons (Fsp3) is 0.500. The number of amides is 1. The van der Waals surface area contributed by atoms with Gasteiger partial charge < -0.3 is 16.0 Å². The molecule has 3 aromatic heterocycles. The van der Waals surface area contributed by atoms with Crippen molar-refractivity contribution >= 4 is 27.6 Å². The van der Waals surface area contributed by atoms with Crippen LogP contribution in [0.3, 0.4) is 0 Å². The SMILES string of the molecule is CC(C)(C)c1ccc2c(n1)N1C[C@@H](CCC(c3ccc(CCCN)cn3)Nc3cccc(n3)S(=O)(=O)NC2=O)CC1(C)C. The van der Waals surface area contributed by atoms with Crippen LogP contribution in [0.25, 0.3) is 0 Å². The summed E-state index contributed by atoms with van der Waals surface area (Å²) in [6, 6.07) is 12.1. The lowest BCUT2D eigenvalue weighted by Gasteiger charge is -2.34. The van der Waals surface area contributed by atoms with E-state index in [2.05, 4.69) is 60.6 Å². The van der Waals surface area contributed by atoms with Gasteiger partial charge in [0.2, 0.25) is 0 Å². The van der Waals surface area contributed by atoms with Crippen LogP contribution in [-0.4, -0.2) is 47.9 Å². The number of carbonyl (C=O) groups excluding carboxylic acids is 1. The maximum Gasteiger partial charge on any atom is 0.281 e. The molecule has 0 aromatic carbocycles. The minimum Gasteiger partial charge on any atom is -0.362 e. The molecule has 3 aromatic rings. The molecule has 0 radical (unpaired) electrons. The van der Waals surface area contributed by atoms with Crippen LogP contribution in [0, 0.1) is 5.92 Å². The van der Waals surface area contributed by atoms with Gasteiger partial charge in [-0.15, -0.1) is 0 Å². The van der Waals surface area contributed by atoms with Crippen molar-refractivity contribution in [2.45, 2.75) is 88.7 Å². The lowest BCUT2D eigenvalue weighted by atomic mass is 9.90. The van der Waals surface area contributed by atoms with Crippen LogP contribution in [-0.2, 0) is 21.9 Å². The van der Waals surface area contributed by atoms with E-state index in [0.717, 1.165) is 49.1 Å². The highest BCUT2D eigenvalue weighted by molar-refractivity contribution is 7.90. The monoisotopic (exact) mass is 605 g/mol. The smallest absolute Gasteiger partial charge is 0.281 e. The topological polar surface area (TPSA) is 143 Å². The molecule has 1 fully saturated rings. The number of nitrogens with two attached hydrogens (primary N) is 1. The molecule has 4 N–H and O–H groups in total. The normalized spacial score (nSPS) is 21.6. The molecule has 0 spiro atoms. The van der Waals surface area contributed by atoms with Gasteiger partial charge >= 0.3 is 0 Å². The number of nitrogens with one attached hydrogen (secondary N) is 2. The first kappa shape index (κ1) is 30.9. The predicted octanol–water partition coefficient (Wildman–Crippen LogP) is 4.73. The summed E-state index contributed by atoms with van der Waals surface area (Å²) in [7, 11) is -4.27. The standard InChI is InChI=1S/C32H43N7O3S/c1-31(2,3)26-16-13-23-29(36-26)39-20-22(18-32(39,4)5)12-15-25(24-14-11-21(19-34-24)8-7-17-33)35-27-9-6-10-28(37-27)43(41,42)38-30(23)40/h6,9-11,13-14,16,19,22,25H,7-8,12,15,17-18,20,33H2,1-5H3,(H,35,37)(H,38,40)/t22-,25?/m0/s1. The highest BCUT2D eigenvalue weighted by Gasteiger charge is 2.41. The van der Waals surface area contributed by atoms with Gasteiger partial charge in [-0.05, 0) is 94.3 Å². The zero-order chi connectivity index (χ0) is 31.0.